The molecule has 0 bridgehead atoms. The van der Waals surface area contributed by atoms with E-state index in [2.05, 4.69) is 19.2 Å². The van der Waals surface area contributed by atoms with Crippen molar-refractivity contribution in [1.29, 1.82) is 0 Å². The lowest BCUT2D eigenvalue weighted by Gasteiger charge is -2.10. The average Bonchev–Trinajstić information content (AvgIpc) is 2.38. The highest BCUT2D eigenvalue weighted by molar-refractivity contribution is 6.31. The summed E-state index contributed by atoms with van der Waals surface area (Å²) in [7, 11) is 0. The molecule has 0 saturated carbocycles. The summed E-state index contributed by atoms with van der Waals surface area (Å²) >= 11 is 5.81. The molecule has 1 aromatic rings. The molecule has 3 nitrogen and oxygen atoms in total. The Kier molecular flexibility index (Phi) is 7.45. The van der Waals surface area contributed by atoms with Crippen LogP contribution in [0.1, 0.15) is 56.3 Å². The molecule has 0 aliphatic heterocycles. The van der Waals surface area contributed by atoms with Crippen LogP contribution in [0.15, 0.2) is 18.2 Å². The van der Waals surface area contributed by atoms with Crippen molar-refractivity contribution in [2.75, 3.05) is 11.9 Å². The largest absolute Gasteiger partial charge is 0.478 e. The molecule has 0 aliphatic carbocycles. The van der Waals surface area contributed by atoms with E-state index in [9.17, 15) is 4.79 Å². The summed E-state index contributed by atoms with van der Waals surface area (Å²) in [6.07, 6.45) is 6.04. The van der Waals surface area contributed by atoms with Crippen molar-refractivity contribution < 1.29 is 9.90 Å². The van der Waals surface area contributed by atoms with Crippen LogP contribution in [0.2, 0.25) is 5.02 Å². The fourth-order valence-corrected chi connectivity index (χ4v) is 2.27. The van der Waals surface area contributed by atoms with E-state index in [4.69, 9.17) is 16.7 Å². The van der Waals surface area contributed by atoms with Gasteiger partial charge < -0.3 is 10.4 Å². The Labute approximate surface area is 126 Å². The molecule has 0 amide bonds. The molecule has 0 atom stereocenters. The van der Waals surface area contributed by atoms with Crippen LogP contribution < -0.4 is 5.32 Å². The van der Waals surface area contributed by atoms with Gasteiger partial charge in [0.2, 0.25) is 0 Å². The van der Waals surface area contributed by atoms with Crippen molar-refractivity contribution in [2.45, 2.75) is 46.0 Å². The third-order valence-electron chi connectivity index (χ3n) is 3.24. The van der Waals surface area contributed by atoms with Gasteiger partial charge in [-0.15, -0.1) is 0 Å². The van der Waals surface area contributed by atoms with Gasteiger partial charge in [0.05, 0.1) is 5.56 Å². The van der Waals surface area contributed by atoms with E-state index >= 15 is 0 Å². The van der Waals surface area contributed by atoms with Gasteiger partial charge in [-0.2, -0.15) is 0 Å². The van der Waals surface area contributed by atoms with Crippen LogP contribution in [0, 0.1) is 5.92 Å². The maximum absolute atomic E-state index is 11.1. The van der Waals surface area contributed by atoms with E-state index in [0.717, 1.165) is 18.9 Å². The number of carboxylic acid groups (broad SMARTS) is 1. The lowest BCUT2D eigenvalue weighted by molar-refractivity contribution is 0.0698. The molecule has 1 rings (SSSR count). The van der Waals surface area contributed by atoms with Crippen LogP contribution in [0.5, 0.6) is 0 Å². The standard InChI is InChI=1S/C16H24ClNO2/c1-12(2)7-5-3-4-6-10-18-15-9-8-13(17)11-14(15)16(19)20/h8-9,11-12,18H,3-7,10H2,1-2H3,(H,19,20). The number of benzene rings is 1. The van der Waals surface area contributed by atoms with Gasteiger partial charge in [-0.3, -0.25) is 0 Å². The number of carboxylic acids is 1. The van der Waals surface area contributed by atoms with E-state index in [-0.39, 0.29) is 5.56 Å². The zero-order chi connectivity index (χ0) is 15.0. The lowest BCUT2D eigenvalue weighted by atomic mass is 10.0. The molecule has 0 heterocycles. The monoisotopic (exact) mass is 297 g/mol. The molecule has 0 saturated heterocycles. The minimum atomic E-state index is -0.952. The van der Waals surface area contributed by atoms with Crippen molar-refractivity contribution >= 4 is 23.3 Å². The molecule has 2 N–H and O–H groups in total. The highest BCUT2D eigenvalue weighted by atomic mass is 35.5. The molecule has 0 spiro atoms. The number of anilines is 1. The second-order valence-corrected chi connectivity index (χ2v) is 5.96. The van der Waals surface area contributed by atoms with Gasteiger partial charge in [0.1, 0.15) is 0 Å². The molecule has 0 radical (unpaired) electrons. The van der Waals surface area contributed by atoms with Crippen LogP contribution in [-0.4, -0.2) is 17.6 Å². The summed E-state index contributed by atoms with van der Waals surface area (Å²) < 4.78 is 0. The Morgan fingerprint density at radius 3 is 2.60 bits per heavy atom. The van der Waals surface area contributed by atoms with Gasteiger partial charge in [-0.25, -0.2) is 4.79 Å². The summed E-state index contributed by atoms with van der Waals surface area (Å²) in [5.41, 5.74) is 0.876. The van der Waals surface area contributed by atoms with Gasteiger partial charge in [0.25, 0.3) is 0 Å². The van der Waals surface area contributed by atoms with Crippen molar-refractivity contribution in [3.8, 4) is 0 Å². The molecular weight excluding hydrogens is 274 g/mol. The Hall–Kier alpha value is -1.22. The first kappa shape index (κ1) is 16.8. The smallest absolute Gasteiger partial charge is 0.337 e. The number of carbonyl (C=O) groups is 1. The predicted octanol–water partition coefficient (Wildman–Crippen LogP) is 5.06. The zero-order valence-electron chi connectivity index (χ0n) is 12.3. The topological polar surface area (TPSA) is 49.3 Å². The minimum absolute atomic E-state index is 0.234. The molecular formula is C16H24ClNO2. The Morgan fingerprint density at radius 2 is 1.95 bits per heavy atom. The summed E-state index contributed by atoms with van der Waals surface area (Å²) in [4.78, 5) is 11.1. The number of rotatable bonds is 9. The van der Waals surface area contributed by atoms with Crippen LogP contribution in [0.3, 0.4) is 0 Å². The number of hydrogen-bond acceptors (Lipinski definition) is 2. The van der Waals surface area contributed by atoms with E-state index in [0.29, 0.717) is 10.7 Å². The first-order chi connectivity index (χ1) is 9.50. The van der Waals surface area contributed by atoms with Gasteiger partial charge in [0, 0.05) is 17.3 Å². The zero-order valence-corrected chi connectivity index (χ0v) is 13.0. The van der Waals surface area contributed by atoms with E-state index in [1.54, 1.807) is 12.1 Å². The highest BCUT2D eigenvalue weighted by Crippen LogP contribution is 2.21. The summed E-state index contributed by atoms with van der Waals surface area (Å²) in [5, 5.41) is 12.7. The number of halogens is 1. The van der Waals surface area contributed by atoms with Crippen molar-refractivity contribution in [2.24, 2.45) is 5.92 Å². The predicted molar refractivity (Wildman–Crippen MR) is 84.8 cm³/mol. The van der Waals surface area contributed by atoms with Gasteiger partial charge in [-0.05, 0) is 30.5 Å². The lowest BCUT2D eigenvalue weighted by Crippen LogP contribution is -2.07. The third-order valence-corrected chi connectivity index (χ3v) is 3.47. The molecule has 0 fully saturated rings. The number of nitrogens with one attached hydrogen (secondary N) is 1. The SMILES string of the molecule is CC(C)CCCCCCNc1ccc(Cl)cc1C(=O)O. The average molecular weight is 298 g/mol. The summed E-state index contributed by atoms with van der Waals surface area (Å²) in [5.74, 6) is -0.174. The number of hydrogen-bond donors (Lipinski definition) is 2. The van der Waals surface area contributed by atoms with E-state index in [1.165, 1.54) is 31.7 Å². The molecule has 4 heteroatoms. The van der Waals surface area contributed by atoms with Crippen molar-refractivity contribution in [3.63, 3.8) is 0 Å². The fourth-order valence-electron chi connectivity index (χ4n) is 2.10. The van der Waals surface area contributed by atoms with Crippen molar-refractivity contribution in [3.05, 3.63) is 28.8 Å². The quantitative estimate of drug-likeness (QED) is 0.627. The fraction of sp³-hybridized carbons (Fsp3) is 0.562. The molecule has 0 aromatic heterocycles. The second-order valence-electron chi connectivity index (χ2n) is 5.52. The Balaban J connectivity index is 2.30. The first-order valence-corrected chi connectivity index (χ1v) is 7.65. The van der Waals surface area contributed by atoms with Gasteiger partial charge in [0.15, 0.2) is 0 Å². The van der Waals surface area contributed by atoms with Crippen LogP contribution in [0.4, 0.5) is 5.69 Å². The first-order valence-electron chi connectivity index (χ1n) is 7.27. The maximum atomic E-state index is 11.1. The second kappa shape index (κ2) is 8.85. The van der Waals surface area contributed by atoms with Gasteiger partial charge >= 0.3 is 5.97 Å². The normalized spacial score (nSPS) is 10.8. The van der Waals surface area contributed by atoms with Gasteiger partial charge in [-0.1, -0.05) is 51.1 Å². The summed E-state index contributed by atoms with van der Waals surface area (Å²) in [6.45, 7) is 5.29. The number of aromatic carboxylic acids is 1. The molecule has 0 unspecified atom stereocenters. The Bertz CT molecular complexity index is 432. The van der Waals surface area contributed by atoms with Crippen LogP contribution in [-0.2, 0) is 0 Å². The molecule has 0 aliphatic rings. The maximum Gasteiger partial charge on any atom is 0.337 e. The highest BCUT2D eigenvalue weighted by Gasteiger charge is 2.09. The summed E-state index contributed by atoms with van der Waals surface area (Å²) in [6, 6.07) is 4.92. The van der Waals surface area contributed by atoms with Crippen LogP contribution >= 0.6 is 11.6 Å². The number of unbranched alkanes of at least 4 members (excludes halogenated alkanes) is 3. The van der Waals surface area contributed by atoms with Crippen LogP contribution in [0.25, 0.3) is 0 Å². The third kappa shape index (κ3) is 6.29. The van der Waals surface area contributed by atoms with Crippen molar-refractivity contribution in [1.82, 2.24) is 0 Å². The Morgan fingerprint density at radius 1 is 1.25 bits per heavy atom. The van der Waals surface area contributed by atoms with E-state index < -0.39 is 5.97 Å². The minimum Gasteiger partial charge on any atom is -0.478 e. The molecule has 112 valence electrons. The van der Waals surface area contributed by atoms with E-state index in [1.807, 2.05) is 0 Å². The molecule has 20 heavy (non-hydrogen) atoms. The molecule has 1 aromatic carbocycles.